The van der Waals surface area contributed by atoms with E-state index >= 15 is 0 Å². The molecule has 5 nitrogen and oxygen atoms in total. The first-order valence-electron chi connectivity index (χ1n) is 9.27. The van der Waals surface area contributed by atoms with Crippen molar-refractivity contribution in [1.29, 1.82) is 0 Å². The van der Waals surface area contributed by atoms with Crippen molar-refractivity contribution in [2.75, 3.05) is 13.2 Å². The average molecular weight is 421 g/mol. The lowest BCUT2D eigenvalue weighted by Gasteiger charge is -2.23. The summed E-state index contributed by atoms with van der Waals surface area (Å²) in [5.41, 5.74) is 1.94. The number of amides is 1. The van der Waals surface area contributed by atoms with E-state index in [1.165, 1.54) is 0 Å². The maximum Gasteiger partial charge on any atom is 0.307 e. The smallest absolute Gasteiger partial charge is 0.307 e. The largest absolute Gasteiger partial charge is 0.466 e. The molecule has 1 amide bonds. The molecule has 0 aliphatic heterocycles. The Balaban J connectivity index is 1.69. The molecular weight excluding hydrogens is 399 g/mol. The molecule has 1 aliphatic carbocycles. The zero-order chi connectivity index (χ0) is 20.1. The Labute approximate surface area is 174 Å². The Morgan fingerprint density at radius 3 is 2.75 bits per heavy atom. The number of rotatable bonds is 8. The lowest BCUT2D eigenvalue weighted by Crippen LogP contribution is -2.34. The van der Waals surface area contributed by atoms with Crippen LogP contribution in [0.1, 0.15) is 36.8 Å². The van der Waals surface area contributed by atoms with Crippen LogP contribution in [0, 0.1) is 5.92 Å². The fourth-order valence-electron chi connectivity index (χ4n) is 3.25. The van der Waals surface area contributed by atoms with Crippen LogP contribution in [0.25, 0.3) is 0 Å². The summed E-state index contributed by atoms with van der Waals surface area (Å²) in [4.78, 5) is 30.7. The summed E-state index contributed by atoms with van der Waals surface area (Å²) in [6.07, 6.45) is 4.35. The van der Waals surface area contributed by atoms with Crippen LogP contribution >= 0.6 is 23.2 Å². The van der Waals surface area contributed by atoms with Crippen molar-refractivity contribution in [1.82, 2.24) is 9.88 Å². The van der Waals surface area contributed by atoms with Crippen LogP contribution in [-0.2, 0) is 20.9 Å². The number of esters is 1. The third kappa shape index (κ3) is 5.24. The second-order valence-corrected chi connectivity index (χ2v) is 7.61. The number of benzene rings is 1. The zero-order valence-electron chi connectivity index (χ0n) is 15.6. The van der Waals surface area contributed by atoms with E-state index in [0.29, 0.717) is 29.7 Å². The maximum absolute atomic E-state index is 13.1. The number of carbonyl (C=O) groups excluding carboxylic acids is 2. The molecule has 1 aromatic carbocycles. The van der Waals surface area contributed by atoms with Crippen molar-refractivity contribution in [3.05, 3.63) is 63.9 Å². The Morgan fingerprint density at radius 1 is 1.25 bits per heavy atom. The van der Waals surface area contributed by atoms with Crippen LogP contribution in [0.4, 0.5) is 0 Å². The van der Waals surface area contributed by atoms with Gasteiger partial charge in [0.25, 0.3) is 0 Å². The minimum Gasteiger partial charge on any atom is -0.466 e. The van der Waals surface area contributed by atoms with Gasteiger partial charge in [-0.15, -0.1) is 0 Å². The highest BCUT2D eigenvalue weighted by molar-refractivity contribution is 6.42. The molecule has 3 rings (SSSR count). The zero-order valence-corrected chi connectivity index (χ0v) is 17.1. The number of halogens is 2. The average Bonchev–Trinajstić information content (AvgIpc) is 3.48. The molecule has 1 aromatic heterocycles. The van der Waals surface area contributed by atoms with Gasteiger partial charge in [-0.05, 0) is 48.6 Å². The lowest BCUT2D eigenvalue weighted by molar-refractivity contribution is -0.144. The lowest BCUT2D eigenvalue weighted by atomic mass is 10.1. The van der Waals surface area contributed by atoms with Gasteiger partial charge < -0.3 is 9.64 Å². The second-order valence-electron chi connectivity index (χ2n) is 6.80. The van der Waals surface area contributed by atoms with Gasteiger partial charge in [0.1, 0.15) is 0 Å². The molecule has 1 heterocycles. The highest BCUT2D eigenvalue weighted by atomic mass is 35.5. The van der Waals surface area contributed by atoms with Crippen molar-refractivity contribution in [2.45, 2.75) is 32.2 Å². The van der Waals surface area contributed by atoms with Gasteiger partial charge in [0.2, 0.25) is 5.91 Å². The minimum atomic E-state index is -0.302. The standard InChI is InChI=1S/C21H22Cl2N2O3/c1-2-28-20(26)7-9-25(13-14-4-3-8-24-12-14)21(27)17-11-16(17)15-5-6-18(22)19(23)10-15/h3-6,8,10,12,16-17H,2,7,9,11,13H2,1H3. The number of carbonyl (C=O) groups is 2. The van der Waals surface area contributed by atoms with E-state index < -0.39 is 0 Å². The summed E-state index contributed by atoms with van der Waals surface area (Å²) in [5, 5.41) is 0.994. The summed E-state index contributed by atoms with van der Waals surface area (Å²) >= 11 is 12.1. The first-order valence-corrected chi connectivity index (χ1v) is 10.0. The summed E-state index contributed by atoms with van der Waals surface area (Å²) in [5.74, 6) is -0.259. The number of hydrogen-bond donors (Lipinski definition) is 0. The molecule has 7 heteroatoms. The van der Waals surface area contributed by atoms with Gasteiger partial charge >= 0.3 is 5.97 Å². The maximum atomic E-state index is 13.1. The Morgan fingerprint density at radius 2 is 2.07 bits per heavy atom. The first-order chi connectivity index (χ1) is 13.5. The van der Waals surface area contributed by atoms with E-state index in [0.717, 1.165) is 17.5 Å². The second kappa shape index (κ2) is 9.39. The summed E-state index contributed by atoms with van der Waals surface area (Å²) < 4.78 is 5.00. The molecule has 0 N–H and O–H groups in total. The highest BCUT2D eigenvalue weighted by Gasteiger charge is 2.45. The molecule has 148 valence electrons. The normalized spacial score (nSPS) is 17.8. The van der Waals surface area contributed by atoms with Gasteiger partial charge in [0.15, 0.2) is 0 Å². The number of ether oxygens (including phenoxy) is 1. The molecule has 2 aromatic rings. The first kappa shape index (κ1) is 20.6. The van der Waals surface area contributed by atoms with Gasteiger partial charge in [0.05, 0.1) is 23.1 Å². The number of pyridine rings is 1. The van der Waals surface area contributed by atoms with E-state index in [1.54, 1.807) is 30.3 Å². The summed E-state index contributed by atoms with van der Waals surface area (Å²) in [6.45, 7) is 2.83. The monoisotopic (exact) mass is 420 g/mol. The highest BCUT2D eigenvalue weighted by Crippen LogP contribution is 2.49. The van der Waals surface area contributed by atoms with Gasteiger partial charge in [-0.1, -0.05) is 35.3 Å². The van der Waals surface area contributed by atoms with Crippen LogP contribution in [0.15, 0.2) is 42.7 Å². The molecular formula is C21H22Cl2N2O3. The van der Waals surface area contributed by atoms with Gasteiger partial charge in [-0.3, -0.25) is 14.6 Å². The molecule has 1 fully saturated rings. The van der Waals surface area contributed by atoms with Crippen LogP contribution in [0.3, 0.4) is 0 Å². The number of nitrogens with zero attached hydrogens (tertiary/aromatic N) is 2. The van der Waals surface area contributed by atoms with Crippen LogP contribution in [-0.4, -0.2) is 34.9 Å². The Bertz CT molecular complexity index is 845. The SMILES string of the molecule is CCOC(=O)CCN(Cc1cccnc1)C(=O)C1CC1c1ccc(Cl)c(Cl)c1. The van der Waals surface area contributed by atoms with Crippen molar-refractivity contribution in [3.8, 4) is 0 Å². The molecule has 0 bridgehead atoms. The van der Waals surface area contributed by atoms with Crippen molar-refractivity contribution < 1.29 is 14.3 Å². The predicted molar refractivity (Wildman–Crippen MR) is 108 cm³/mol. The van der Waals surface area contributed by atoms with Crippen molar-refractivity contribution >= 4 is 35.1 Å². The van der Waals surface area contributed by atoms with E-state index in [2.05, 4.69) is 4.98 Å². The third-order valence-corrected chi connectivity index (χ3v) is 5.52. The topological polar surface area (TPSA) is 59.5 Å². The van der Waals surface area contributed by atoms with Gasteiger partial charge in [0, 0.05) is 31.4 Å². The van der Waals surface area contributed by atoms with Crippen molar-refractivity contribution in [2.24, 2.45) is 5.92 Å². The summed E-state index contributed by atoms with van der Waals surface area (Å²) in [6, 6.07) is 9.25. The van der Waals surface area contributed by atoms with E-state index in [4.69, 9.17) is 27.9 Å². The van der Waals surface area contributed by atoms with Crippen LogP contribution in [0.5, 0.6) is 0 Å². The van der Waals surface area contributed by atoms with E-state index in [9.17, 15) is 9.59 Å². The number of aromatic nitrogens is 1. The molecule has 1 aliphatic rings. The van der Waals surface area contributed by atoms with Crippen molar-refractivity contribution in [3.63, 3.8) is 0 Å². The Kier molecular flexibility index (Phi) is 6.92. The molecule has 0 radical (unpaired) electrons. The third-order valence-electron chi connectivity index (χ3n) is 4.78. The van der Waals surface area contributed by atoms with E-state index in [-0.39, 0.29) is 30.1 Å². The fourth-order valence-corrected chi connectivity index (χ4v) is 3.56. The van der Waals surface area contributed by atoms with E-state index in [1.807, 2.05) is 24.3 Å². The molecule has 0 saturated heterocycles. The van der Waals surface area contributed by atoms with Gasteiger partial charge in [-0.2, -0.15) is 0 Å². The predicted octanol–water partition coefficient (Wildman–Crippen LogP) is 4.47. The van der Waals surface area contributed by atoms with Crippen LogP contribution in [0.2, 0.25) is 10.0 Å². The molecule has 2 unspecified atom stereocenters. The molecule has 2 atom stereocenters. The molecule has 28 heavy (non-hydrogen) atoms. The van der Waals surface area contributed by atoms with Crippen LogP contribution < -0.4 is 0 Å². The minimum absolute atomic E-state index is 0.0317. The summed E-state index contributed by atoms with van der Waals surface area (Å²) in [7, 11) is 0. The molecule has 1 saturated carbocycles. The number of hydrogen-bond acceptors (Lipinski definition) is 4. The quantitative estimate of drug-likeness (QED) is 0.590. The Hall–Kier alpha value is -2.11. The van der Waals surface area contributed by atoms with Gasteiger partial charge in [-0.25, -0.2) is 0 Å². The fraction of sp³-hybridized carbons (Fsp3) is 0.381. The molecule has 0 spiro atoms.